The van der Waals surface area contributed by atoms with Crippen LogP contribution in [0.3, 0.4) is 0 Å². The van der Waals surface area contributed by atoms with Gasteiger partial charge in [0, 0.05) is 0 Å². The molecule has 0 radical (unpaired) electrons. The third kappa shape index (κ3) is 10.1. The Morgan fingerprint density at radius 1 is 0.667 bits per heavy atom. The van der Waals surface area contributed by atoms with Crippen LogP contribution in [0.25, 0.3) is 0 Å². The number of carbonyl (C=O) groups is 4. The number of unbranched alkanes of at least 4 members (excludes halogenated alkanes) is 2. The highest BCUT2D eigenvalue weighted by atomic mass is 28.4. The van der Waals surface area contributed by atoms with Gasteiger partial charge in [-0.2, -0.15) is 0 Å². The topological polar surface area (TPSA) is 136 Å². The lowest BCUT2D eigenvalue weighted by Crippen LogP contribution is -2.52. The number of hydrogen-bond donors (Lipinski definition) is 0. The maximum Gasteiger partial charge on any atom is 0.372 e. The molecule has 0 saturated carbocycles. The number of carbonyl (C=O) groups excluding carboxylic acids is 4. The van der Waals surface area contributed by atoms with Gasteiger partial charge in [-0.3, -0.25) is 0 Å². The Hall–Kier alpha value is -2.23. The summed E-state index contributed by atoms with van der Waals surface area (Å²) in [4.78, 5) is 49.0. The number of esters is 4. The third-order valence-electron chi connectivity index (χ3n) is 8.89. The lowest BCUT2D eigenvalue weighted by Gasteiger charge is -2.38. The molecule has 1 aliphatic rings. The van der Waals surface area contributed by atoms with E-state index in [0.717, 1.165) is 19.3 Å². The summed E-state index contributed by atoms with van der Waals surface area (Å²) in [5, 5.41) is -0.245. The van der Waals surface area contributed by atoms with Crippen molar-refractivity contribution in [2.75, 3.05) is 28.4 Å². The lowest BCUT2D eigenvalue weighted by atomic mass is 9.95. The van der Waals surface area contributed by atoms with E-state index in [9.17, 15) is 19.2 Å². The maximum atomic E-state index is 12.4. The summed E-state index contributed by atoms with van der Waals surface area (Å²) in [6.07, 6.45) is 4.04. The zero-order valence-electron chi connectivity index (χ0n) is 30.7. The van der Waals surface area contributed by atoms with Crippen LogP contribution in [0.1, 0.15) is 93.9 Å². The zero-order valence-corrected chi connectivity index (χ0v) is 32.7. The predicted molar refractivity (Wildman–Crippen MR) is 177 cm³/mol. The summed E-state index contributed by atoms with van der Waals surface area (Å²) >= 11 is 0. The average Bonchev–Trinajstić information content (AvgIpc) is 3.60. The quantitative estimate of drug-likeness (QED) is 0.0479. The minimum absolute atomic E-state index is 0.00870. The van der Waals surface area contributed by atoms with Gasteiger partial charge in [0.25, 0.3) is 8.32 Å². The van der Waals surface area contributed by atoms with Gasteiger partial charge in [0.15, 0.2) is 8.32 Å². The molecule has 1 fully saturated rings. The number of hydrogen-bond acceptors (Lipinski definition) is 11. The van der Waals surface area contributed by atoms with E-state index in [0.29, 0.717) is 19.3 Å². The molecular weight excluding hydrogens is 617 g/mol. The van der Waals surface area contributed by atoms with Crippen LogP contribution in [-0.2, 0) is 51.7 Å². The third-order valence-corrected chi connectivity index (χ3v) is 17.6. The van der Waals surface area contributed by atoms with Gasteiger partial charge in [0.2, 0.25) is 11.4 Å². The van der Waals surface area contributed by atoms with Crippen molar-refractivity contribution in [1.29, 1.82) is 0 Å². The van der Waals surface area contributed by atoms with Crippen molar-refractivity contribution >= 4 is 40.5 Å². The fourth-order valence-corrected chi connectivity index (χ4v) is 6.15. The molecule has 262 valence electrons. The maximum absolute atomic E-state index is 12.4. The Morgan fingerprint density at radius 3 is 1.51 bits per heavy atom. The fraction of sp³-hybridized carbons (Fsp3) is 0.812. The van der Waals surface area contributed by atoms with Crippen molar-refractivity contribution < 1.29 is 51.7 Å². The second kappa shape index (κ2) is 16.6. The largest absolute Gasteiger partial charge is 0.538 e. The van der Waals surface area contributed by atoms with E-state index in [-0.39, 0.29) is 21.4 Å². The number of epoxide rings is 1. The van der Waals surface area contributed by atoms with E-state index in [1.165, 1.54) is 28.4 Å². The first-order valence-corrected chi connectivity index (χ1v) is 21.4. The molecule has 0 bridgehead atoms. The second-order valence-corrected chi connectivity index (χ2v) is 23.7. The van der Waals surface area contributed by atoms with Gasteiger partial charge in [0.1, 0.15) is 0 Å². The normalized spacial score (nSPS) is 20.5. The Balaban J connectivity index is 0.000000862. The minimum atomic E-state index is -2.38. The molecule has 13 heteroatoms. The van der Waals surface area contributed by atoms with Gasteiger partial charge < -0.3 is 32.5 Å². The van der Waals surface area contributed by atoms with Crippen LogP contribution in [0.5, 0.6) is 0 Å². The molecule has 0 amide bonds. The van der Waals surface area contributed by atoms with Crippen molar-refractivity contribution in [3.05, 3.63) is 11.3 Å². The van der Waals surface area contributed by atoms with Gasteiger partial charge in [-0.25, -0.2) is 19.2 Å². The molecule has 0 N–H and O–H groups in total. The van der Waals surface area contributed by atoms with E-state index in [1.807, 2.05) is 40.0 Å². The highest BCUT2D eigenvalue weighted by Crippen LogP contribution is 2.57. The molecule has 1 aliphatic heterocycles. The molecular formula is C32H60O11Si2. The van der Waals surface area contributed by atoms with E-state index in [1.54, 1.807) is 0 Å². The van der Waals surface area contributed by atoms with Crippen molar-refractivity contribution in [3.63, 3.8) is 0 Å². The van der Waals surface area contributed by atoms with Crippen LogP contribution < -0.4 is 0 Å². The number of rotatable bonds is 14. The summed E-state index contributed by atoms with van der Waals surface area (Å²) < 4.78 is 37.4. The second-order valence-electron chi connectivity index (χ2n) is 14.3. The van der Waals surface area contributed by atoms with Gasteiger partial charge in [-0.15, -0.1) is 0 Å². The summed E-state index contributed by atoms with van der Waals surface area (Å²) in [5.41, 5.74) is -1.14. The molecule has 2 atom stereocenters. The lowest BCUT2D eigenvalue weighted by molar-refractivity contribution is -0.161. The monoisotopic (exact) mass is 676 g/mol. The van der Waals surface area contributed by atoms with Crippen molar-refractivity contribution in [2.45, 2.75) is 142 Å². The van der Waals surface area contributed by atoms with Gasteiger partial charge in [0.05, 0.1) is 34.0 Å². The number of ether oxygens (including phenoxy) is 5. The Kier molecular flexibility index (Phi) is 15.7. The van der Waals surface area contributed by atoms with Crippen LogP contribution in [0.2, 0.25) is 36.3 Å². The van der Waals surface area contributed by atoms with Crippen molar-refractivity contribution in [1.82, 2.24) is 0 Å². The molecule has 0 aromatic carbocycles. The molecule has 1 heterocycles. The van der Waals surface area contributed by atoms with Crippen LogP contribution in [0, 0.1) is 0 Å². The Bertz CT molecular complexity index is 1070. The predicted octanol–water partition coefficient (Wildman–Crippen LogP) is 6.81. The Labute approximate surface area is 273 Å². The molecule has 1 rings (SSSR count). The fourth-order valence-electron chi connectivity index (χ4n) is 3.81. The van der Waals surface area contributed by atoms with E-state index in [4.69, 9.17) is 32.5 Å². The number of methoxy groups -OCH3 is 4. The molecule has 0 unspecified atom stereocenters. The first-order chi connectivity index (χ1) is 20.5. The molecule has 11 nitrogen and oxygen atoms in total. The average molecular weight is 677 g/mol. The SMILES string of the molecule is CCCC/C(C(=O)OC)=C(\O[Si](C)(C)C(C)(C)C)C(=O)OC.CCCC[C@@]1(C(=O)OC)O[C@]1(O[Si](C)(C)C(C)(C)C)C(=O)OC. The van der Waals surface area contributed by atoms with Gasteiger partial charge >= 0.3 is 29.7 Å². The molecule has 45 heavy (non-hydrogen) atoms. The molecule has 0 aromatic heterocycles. The van der Waals surface area contributed by atoms with Crippen LogP contribution in [0.15, 0.2) is 11.3 Å². The van der Waals surface area contributed by atoms with E-state index >= 15 is 0 Å². The van der Waals surface area contributed by atoms with Crippen LogP contribution in [0.4, 0.5) is 0 Å². The highest BCUT2D eigenvalue weighted by molar-refractivity contribution is 6.75. The highest BCUT2D eigenvalue weighted by Gasteiger charge is 2.83. The molecule has 1 saturated heterocycles. The van der Waals surface area contributed by atoms with E-state index < -0.39 is 51.9 Å². The van der Waals surface area contributed by atoms with E-state index in [2.05, 4.69) is 41.5 Å². The first kappa shape index (κ1) is 42.8. The van der Waals surface area contributed by atoms with Gasteiger partial charge in [-0.05, 0) is 61.9 Å². The zero-order chi connectivity index (χ0) is 35.7. The summed E-state index contributed by atoms with van der Waals surface area (Å²) in [6, 6.07) is 0. The van der Waals surface area contributed by atoms with Crippen LogP contribution in [-0.4, -0.2) is 80.3 Å². The van der Waals surface area contributed by atoms with Crippen LogP contribution >= 0.6 is 0 Å². The van der Waals surface area contributed by atoms with Crippen molar-refractivity contribution in [2.24, 2.45) is 0 Å². The standard InChI is InChI=1S/C16H30O6Si.C16H30O5Si/c1-9-10-11-15(12(17)19-5)16(21-15,13(18)20-6)22-23(7,8)14(2,3)4;1-9-10-11-12(14(17)19-5)13(15(18)20-6)21-22(7,8)16(2,3)4/h9-11H2,1-8H3;9-11H2,1-8H3/b;13-12+/t15-,16-;/m0./s1. The summed E-state index contributed by atoms with van der Waals surface area (Å²) in [5.74, 6) is -4.10. The van der Waals surface area contributed by atoms with Gasteiger partial charge in [-0.1, -0.05) is 68.2 Å². The summed E-state index contributed by atoms with van der Waals surface area (Å²) in [7, 11) is 0.484. The summed E-state index contributed by atoms with van der Waals surface area (Å²) in [6.45, 7) is 24.4. The minimum Gasteiger partial charge on any atom is -0.538 e. The molecule has 0 aromatic rings. The van der Waals surface area contributed by atoms with Crippen molar-refractivity contribution in [3.8, 4) is 0 Å². The smallest absolute Gasteiger partial charge is 0.372 e. The molecule has 0 aliphatic carbocycles. The first-order valence-electron chi connectivity index (χ1n) is 15.6. The Morgan fingerprint density at radius 2 is 1.13 bits per heavy atom. The molecule has 0 spiro atoms.